The van der Waals surface area contributed by atoms with E-state index in [1.54, 1.807) is 36.4 Å². The van der Waals surface area contributed by atoms with Crippen LogP contribution in [0.15, 0.2) is 36.4 Å². The van der Waals surface area contributed by atoms with Crippen LogP contribution in [0.5, 0.6) is 11.5 Å². The van der Waals surface area contributed by atoms with Gasteiger partial charge in [0, 0.05) is 18.2 Å². The first-order valence-electron chi connectivity index (χ1n) is 8.76. The van der Waals surface area contributed by atoms with Gasteiger partial charge in [-0.05, 0) is 25.0 Å². The third-order valence-corrected chi connectivity index (χ3v) is 5.38. The van der Waals surface area contributed by atoms with Crippen molar-refractivity contribution in [2.75, 3.05) is 17.2 Å². The molecule has 2 heterocycles. The summed E-state index contributed by atoms with van der Waals surface area (Å²) in [5.74, 6) is -0.969. The van der Waals surface area contributed by atoms with Gasteiger partial charge in [-0.1, -0.05) is 29.8 Å². The molecule has 9 heteroatoms. The molecule has 2 aromatic rings. The molecule has 0 saturated carbocycles. The number of benzene rings is 2. The second-order valence-corrected chi connectivity index (χ2v) is 7.25. The van der Waals surface area contributed by atoms with E-state index in [9.17, 15) is 18.0 Å². The second kappa shape index (κ2) is 6.77. The summed E-state index contributed by atoms with van der Waals surface area (Å²) in [7, 11) is 0. The maximum Gasteiger partial charge on any atom is 0.471 e. The second-order valence-electron chi connectivity index (χ2n) is 6.84. The van der Waals surface area contributed by atoms with E-state index >= 15 is 0 Å². The Hall–Kier alpha value is -2.61. The van der Waals surface area contributed by atoms with Crippen LogP contribution < -0.4 is 20.7 Å². The van der Waals surface area contributed by atoms with E-state index in [-0.39, 0.29) is 0 Å². The van der Waals surface area contributed by atoms with Crippen LogP contribution in [-0.2, 0) is 4.79 Å². The Morgan fingerprint density at radius 2 is 2.00 bits per heavy atom. The number of carbonyl (C=O) groups excluding carboxylic acids is 1. The Kier molecular flexibility index (Phi) is 4.53. The van der Waals surface area contributed by atoms with E-state index in [0.29, 0.717) is 52.8 Å². The Morgan fingerprint density at radius 1 is 1.25 bits per heavy atom. The molecule has 0 aromatic heterocycles. The number of anilines is 2. The highest BCUT2D eigenvalue weighted by molar-refractivity contribution is 6.33. The number of fused-ring (bicyclic) bond motifs is 5. The van der Waals surface area contributed by atoms with Crippen molar-refractivity contribution in [1.82, 2.24) is 5.32 Å². The van der Waals surface area contributed by atoms with Crippen molar-refractivity contribution < 1.29 is 22.7 Å². The first kappa shape index (κ1) is 18.7. The number of nitrogen functional groups attached to an aromatic ring is 1. The van der Waals surface area contributed by atoms with Crippen molar-refractivity contribution in [3.05, 3.63) is 47.0 Å². The molecule has 1 fully saturated rings. The van der Waals surface area contributed by atoms with Crippen LogP contribution in [0.25, 0.3) is 0 Å². The standard InChI is InChI=1S/C19H17ClF3N3O2/c20-11-8-14-16(9-12(11)24)28-15-6-2-1-4-10(15)17-13(5-3-7-26(14)17)25-18(27)19(21,22)23/h1-2,4,6,8-9,13,17H,3,5,7,24H2,(H,25,27). The van der Waals surface area contributed by atoms with Crippen LogP contribution in [0.3, 0.4) is 0 Å². The molecule has 2 unspecified atom stereocenters. The van der Waals surface area contributed by atoms with Crippen molar-refractivity contribution in [3.63, 3.8) is 0 Å². The molecule has 2 aromatic carbocycles. The molecule has 1 amide bonds. The number of nitrogens with one attached hydrogen (secondary N) is 1. The number of nitrogens with two attached hydrogens (primary N) is 1. The van der Waals surface area contributed by atoms with Crippen LogP contribution in [0.4, 0.5) is 24.5 Å². The lowest BCUT2D eigenvalue weighted by atomic mass is 9.89. The topological polar surface area (TPSA) is 67.6 Å². The Balaban J connectivity index is 1.83. The number of hydrogen-bond donors (Lipinski definition) is 2. The number of amides is 1. The number of ether oxygens (including phenoxy) is 1. The number of hydrogen-bond acceptors (Lipinski definition) is 4. The van der Waals surface area contributed by atoms with Crippen LogP contribution >= 0.6 is 11.6 Å². The summed E-state index contributed by atoms with van der Waals surface area (Å²) < 4.78 is 44.6. The summed E-state index contributed by atoms with van der Waals surface area (Å²) >= 11 is 6.20. The Labute approximate surface area is 164 Å². The fourth-order valence-corrected chi connectivity index (χ4v) is 4.01. The van der Waals surface area contributed by atoms with Gasteiger partial charge in [0.2, 0.25) is 0 Å². The smallest absolute Gasteiger partial charge is 0.455 e. The molecule has 2 aliphatic heterocycles. The molecular weight excluding hydrogens is 395 g/mol. The van der Waals surface area contributed by atoms with E-state index in [0.717, 1.165) is 0 Å². The molecule has 0 aliphatic carbocycles. The molecule has 1 saturated heterocycles. The van der Waals surface area contributed by atoms with E-state index < -0.39 is 24.2 Å². The summed E-state index contributed by atoms with van der Waals surface area (Å²) in [6.07, 6.45) is -3.93. The molecular formula is C19H17ClF3N3O2. The molecule has 148 valence electrons. The summed E-state index contributed by atoms with van der Waals surface area (Å²) in [5, 5.41) is 2.49. The molecule has 2 atom stereocenters. The lowest BCUT2D eigenvalue weighted by Gasteiger charge is -2.42. The van der Waals surface area contributed by atoms with Gasteiger partial charge in [0.1, 0.15) is 5.75 Å². The van der Waals surface area contributed by atoms with Gasteiger partial charge in [-0.2, -0.15) is 13.2 Å². The van der Waals surface area contributed by atoms with Gasteiger partial charge in [0.05, 0.1) is 28.5 Å². The minimum atomic E-state index is -4.95. The average molecular weight is 412 g/mol. The van der Waals surface area contributed by atoms with Crippen molar-refractivity contribution >= 4 is 28.9 Å². The third-order valence-electron chi connectivity index (χ3n) is 5.05. The first-order chi connectivity index (χ1) is 13.3. The summed E-state index contributed by atoms with van der Waals surface area (Å²) in [6.45, 7) is 0.577. The van der Waals surface area contributed by atoms with Gasteiger partial charge in [0.25, 0.3) is 0 Å². The number of alkyl halides is 3. The predicted octanol–water partition coefficient (Wildman–Crippen LogP) is 4.42. The molecule has 2 aliphatic rings. The summed E-state index contributed by atoms with van der Waals surface area (Å²) in [6, 6.07) is 9.08. The van der Waals surface area contributed by atoms with E-state index in [1.807, 2.05) is 4.90 Å². The van der Waals surface area contributed by atoms with Crippen LogP contribution in [0.1, 0.15) is 24.4 Å². The fraction of sp³-hybridized carbons (Fsp3) is 0.316. The number of halogens is 4. The number of para-hydroxylation sites is 1. The summed E-state index contributed by atoms with van der Waals surface area (Å²) in [4.78, 5) is 13.6. The van der Waals surface area contributed by atoms with Crippen LogP contribution in [0.2, 0.25) is 5.02 Å². The predicted molar refractivity (Wildman–Crippen MR) is 99.7 cm³/mol. The van der Waals surface area contributed by atoms with E-state index in [2.05, 4.69) is 5.32 Å². The SMILES string of the molecule is Nc1cc2c(cc1Cl)N1CCCC(NC(=O)C(F)(F)F)C1c1ccccc1O2. The first-order valence-corrected chi connectivity index (χ1v) is 9.13. The fourth-order valence-electron chi connectivity index (χ4n) is 3.85. The molecule has 28 heavy (non-hydrogen) atoms. The van der Waals surface area contributed by atoms with Gasteiger partial charge >= 0.3 is 12.1 Å². The number of nitrogens with zero attached hydrogens (tertiary/aromatic N) is 1. The maximum atomic E-state index is 12.9. The molecule has 5 nitrogen and oxygen atoms in total. The number of piperidine rings is 1. The van der Waals surface area contributed by atoms with Crippen molar-refractivity contribution in [2.24, 2.45) is 0 Å². The highest BCUT2D eigenvalue weighted by Crippen LogP contribution is 2.49. The van der Waals surface area contributed by atoms with Crippen molar-refractivity contribution in [2.45, 2.75) is 31.1 Å². The Morgan fingerprint density at radius 3 is 2.75 bits per heavy atom. The van der Waals surface area contributed by atoms with Gasteiger partial charge in [-0.25, -0.2) is 0 Å². The van der Waals surface area contributed by atoms with Crippen molar-refractivity contribution in [1.29, 1.82) is 0 Å². The largest absolute Gasteiger partial charge is 0.471 e. The van der Waals surface area contributed by atoms with E-state index in [1.165, 1.54) is 0 Å². The van der Waals surface area contributed by atoms with Gasteiger partial charge in [-0.3, -0.25) is 4.79 Å². The molecule has 0 spiro atoms. The average Bonchev–Trinajstić information content (AvgIpc) is 2.77. The normalized spacial score (nSPS) is 20.9. The molecule has 0 radical (unpaired) electrons. The minimum Gasteiger partial charge on any atom is -0.455 e. The zero-order valence-corrected chi connectivity index (χ0v) is 15.3. The highest BCUT2D eigenvalue weighted by Gasteiger charge is 2.44. The van der Waals surface area contributed by atoms with Gasteiger partial charge < -0.3 is 20.7 Å². The lowest BCUT2D eigenvalue weighted by molar-refractivity contribution is -0.174. The summed E-state index contributed by atoms with van der Waals surface area (Å²) in [5.41, 5.74) is 7.58. The monoisotopic (exact) mass is 411 g/mol. The van der Waals surface area contributed by atoms with Crippen LogP contribution in [-0.4, -0.2) is 24.7 Å². The van der Waals surface area contributed by atoms with Crippen LogP contribution in [0, 0.1) is 0 Å². The zero-order chi connectivity index (χ0) is 20.1. The molecule has 0 bridgehead atoms. The number of carbonyl (C=O) groups is 1. The van der Waals surface area contributed by atoms with E-state index in [4.69, 9.17) is 22.1 Å². The zero-order valence-electron chi connectivity index (χ0n) is 14.6. The highest BCUT2D eigenvalue weighted by atomic mass is 35.5. The van der Waals surface area contributed by atoms with Gasteiger partial charge in [-0.15, -0.1) is 0 Å². The Bertz CT molecular complexity index is 935. The third kappa shape index (κ3) is 3.22. The minimum absolute atomic E-state index is 0.327. The lowest BCUT2D eigenvalue weighted by Crippen LogP contribution is -2.52. The quantitative estimate of drug-likeness (QED) is 0.682. The van der Waals surface area contributed by atoms with Crippen molar-refractivity contribution in [3.8, 4) is 11.5 Å². The van der Waals surface area contributed by atoms with Gasteiger partial charge in [0.15, 0.2) is 5.75 Å². The number of rotatable bonds is 1. The molecule has 4 rings (SSSR count). The molecule has 3 N–H and O–H groups in total. The maximum absolute atomic E-state index is 12.9.